The maximum atomic E-state index is 5.74. The molecule has 86 valence electrons. The van der Waals surface area contributed by atoms with E-state index in [1.54, 1.807) is 11.1 Å². The van der Waals surface area contributed by atoms with E-state index in [1.807, 2.05) is 0 Å². The Bertz CT molecular complexity index is 398. The molecule has 1 unspecified atom stereocenters. The Kier molecular flexibility index (Phi) is 3.45. The zero-order valence-corrected chi connectivity index (χ0v) is 10.3. The molecule has 0 amide bonds. The van der Waals surface area contributed by atoms with Crippen LogP contribution in [0.2, 0.25) is 0 Å². The molecule has 1 nitrogen and oxygen atoms in total. The van der Waals surface area contributed by atoms with E-state index in [1.165, 1.54) is 24.0 Å². The molecule has 0 bridgehead atoms. The second kappa shape index (κ2) is 4.84. The summed E-state index contributed by atoms with van der Waals surface area (Å²) in [5.74, 6) is 0.544. The molecular weight excluding hydrogens is 194 g/mol. The lowest BCUT2D eigenvalue weighted by Crippen LogP contribution is -2.09. The summed E-state index contributed by atoms with van der Waals surface area (Å²) in [6.07, 6.45) is 3.68. The number of nitrogens with two attached hydrogens (primary N) is 1. The summed E-state index contributed by atoms with van der Waals surface area (Å²) in [4.78, 5) is 0. The van der Waals surface area contributed by atoms with Crippen LogP contribution in [0.5, 0.6) is 0 Å². The van der Waals surface area contributed by atoms with Crippen LogP contribution in [0.3, 0.4) is 0 Å². The lowest BCUT2D eigenvalue weighted by atomic mass is 9.88. The van der Waals surface area contributed by atoms with Crippen molar-refractivity contribution < 1.29 is 0 Å². The highest BCUT2D eigenvalue weighted by atomic mass is 14.5. The van der Waals surface area contributed by atoms with Crippen molar-refractivity contribution in [2.75, 3.05) is 6.54 Å². The molecule has 0 heterocycles. The van der Waals surface area contributed by atoms with Crippen LogP contribution in [0.15, 0.2) is 35.4 Å². The number of aryl methyl sites for hydroxylation is 1. The second-order valence-corrected chi connectivity index (χ2v) is 4.83. The molecule has 0 aliphatic heterocycles. The van der Waals surface area contributed by atoms with Crippen LogP contribution >= 0.6 is 0 Å². The Balaban J connectivity index is 2.28. The van der Waals surface area contributed by atoms with Crippen molar-refractivity contribution in [2.24, 2.45) is 5.73 Å². The molecule has 0 radical (unpaired) electrons. The van der Waals surface area contributed by atoms with Crippen molar-refractivity contribution in [1.82, 2.24) is 0 Å². The van der Waals surface area contributed by atoms with Crippen molar-refractivity contribution in [3.05, 3.63) is 46.5 Å². The molecule has 1 saturated carbocycles. The SMILES string of the molecule is CC(=C1CC1)C(CCN)c1cccc(C)c1. The molecule has 2 N–H and O–H groups in total. The van der Waals surface area contributed by atoms with Crippen molar-refractivity contribution in [3.8, 4) is 0 Å². The molecule has 1 heteroatoms. The Labute approximate surface area is 98.4 Å². The third-order valence-corrected chi connectivity index (χ3v) is 3.48. The van der Waals surface area contributed by atoms with Crippen LogP contribution < -0.4 is 5.73 Å². The molecule has 1 fully saturated rings. The Morgan fingerprint density at radius 1 is 1.38 bits per heavy atom. The first-order valence-electron chi connectivity index (χ1n) is 6.17. The highest BCUT2D eigenvalue weighted by molar-refractivity contribution is 5.36. The van der Waals surface area contributed by atoms with Gasteiger partial charge in [-0.05, 0) is 45.2 Å². The lowest BCUT2D eigenvalue weighted by Gasteiger charge is -2.18. The smallest absolute Gasteiger partial charge is 0.00601 e. The average molecular weight is 215 g/mol. The fourth-order valence-corrected chi connectivity index (χ4v) is 2.39. The molecule has 1 aromatic rings. The van der Waals surface area contributed by atoms with E-state index in [4.69, 9.17) is 5.73 Å². The summed E-state index contributed by atoms with van der Waals surface area (Å²) in [6.45, 7) is 5.21. The van der Waals surface area contributed by atoms with Crippen LogP contribution in [-0.4, -0.2) is 6.54 Å². The van der Waals surface area contributed by atoms with Crippen LogP contribution in [0.25, 0.3) is 0 Å². The molecule has 0 saturated heterocycles. The minimum Gasteiger partial charge on any atom is -0.330 e. The third-order valence-electron chi connectivity index (χ3n) is 3.48. The molecule has 0 spiro atoms. The maximum Gasteiger partial charge on any atom is 0.00601 e. The van der Waals surface area contributed by atoms with Gasteiger partial charge in [0.2, 0.25) is 0 Å². The van der Waals surface area contributed by atoms with Gasteiger partial charge in [0.15, 0.2) is 0 Å². The van der Waals surface area contributed by atoms with E-state index in [0.29, 0.717) is 5.92 Å². The molecule has 1 aliphatic carbocycles. The monoisotopic (exact) mass is 215 g/mol. The van der Waals surface area contributed by atoms with Crippen LogP contribution in [0, 0.1) is 6.92 Å². The largest absolute Gasteiger partial charge is 0.330 e. The van der Waals surface area contributed by atoms with Gasteiger partial charge in [-0.3, -0.25) is 0 Å². The highest BCUT2D eigenvalue weighted by Crippen LogP contribution is 2.39. The fourth-order valence-electron chi connectivity index (χ4n) is 2.39. The summed E-state index contributed by atoms with van der Waals surface area (Å²) in [5, 5.41) is 0. The highest BCUT2D eigenvalue weighted by Gasteiger charge is 2.21. The Morgan fingerprint density at radius 3 is 2.69 bits per heavy atom. The molecule has 1 atom stereocenters. The lowest BCUT2D eigenvalue weighted by molar-refractivity contribution is 0.709. The van der Waals surface area contributed by atoms with Gasteiger partial charge in [-0.1, -0.05) is 41.0 Å². The van der Waals surface area contributed by atoms with E-state index in [-0.39, 0.29) is 0 Å². The number of hydrogen-bond acceptors (Lipinski definition) is 1. The maximum absolute atomic E-state index is 5.74. The van der Waals surface area contributed by atoms with E-state index in [0.717, 1.165) is 13.0 Å². The minimum atomic E-state index is 0.544. The van der Waals surface area contributed by atoms with Gasteiger partial charge in [0.25, 0.3) is 0 Å². The first kappa shape index (κ1) is 11.4. The standard InChI is InChI=1S/C15H21N/c1-11-4-3-5-14(10-11)15(8-9-16)12(2)13-6-7-13/h3-5,10,15H,6-9,16H2,1-2H3. The normalized spacial score (nSPS) is 16.1. The van der Waals surface area contributed by atoms with Gasteiger partial charge in [0.05, 0.1) is 0 Å². The van der Waals surface area contributed by atoms with Gasteiger partial charge in [-0.25, -0.2) is 0 Å². The summed E-state index contributed by atoms with van der Waals surface area (Å²) in [6, 6.07) is 8.84. The van der Waals surface area contributed by atoms with Crippen LogP contribution in [0.4, 0.5) is 0 Å². The number of benzene rings is 1. The molecular formula is C15H21N. The summed E-state index contributed by atoms with van der Waals surface area (Å²) < 4.78 is 0. The topological polar surface area (TPSA) is 26.0 Å². The van der Waals surface area contributed by atoms with Crippen molar-refractivity contribution in [2.45, 2.75) is 39.0 Å². The van der Waals surface area contributed by atoms with E-state index < -0.39 is 0 Å². The minimum absolute atomic E-state index is 0.544. The van der Waals surface area contributed by atoms with Crippen LogP contribution in [-0.2, 0) is 0 Å². The first-order valence-corrected chi connectivity index (χ1v) is 6.17. The van der Waals surface area contributed by atoms with Gasteiger partial charge in [-0.15, -0.1) is 0 Å². The molecule has 1 aromatic carbocycles. The predicted octanol–water partition coefficient (Wildman–Crippen LogP) is 3.54. The molecule has 1 aliphatic rings. The van der Waals surface area contributed by atoms with E-state index in [2.05, 4.69) is 38.1 Å². The summed E-state index contributed by atoms with van der Waals surface area (Å²) in [7, 11) is 0. The van der Waals surface area contributed by atoms with Gasteiger partial charge >= 0.3 is 0 Å². The average Bonchev–Trinajstić information content (AvgIpc) is 3.08. The van der Waals surface area contributed by atoms with Gasteiger partial charge in [0, 0.05) is 5.92 Å². The predicted molar refractivity (Wildman–Crippen MR) is 69.5 cm³/mol. The zero-order chi connectivity index (χ0) is 11.5. The number of allylic oxidation sites excluding steroid dienone is 2. The van der Waals surface area contributed by atoms with Gasteiger partial charge in [0.1, 0.15) is 0 Å². The van der Waals surface area contributed by atoms with E-state index in [9.17, 15) is 0 Å². The fraction of sp³-hybridized carbons (Fsp3) is 0.467. The quantitative estimate of drug-likeness (QED) is 0.764. The molecule has 16 heavy (non-hydrogen) atoms. The third kappa shape index (κ3) is 2.53. The molecule has 2 rings (SSSR count). The Hall–Kier alpha value is -1.08. The zero-order valence-electron chi connectivity index (χ0n) is 10.3. The summed E-state index contributed by atoms with van der Waals surface area (Å²) in [5.41, 5.74) is 11.7. The summed E-state index contributed by atoms with van der Waals surface area (Å²) >= 11 is 0. The van der Waals surface area contributed by atoms with Crippen molar-refractivity contribution in [1.29, 1.82) is 0 Å². The number of rotatable bonds is 4. The number of hydrogen-bond donors (Lipinski definition) is 1. The van der Waals surface area contributed by atoms with Crippen molar-refractivity contribution >= 4 is 0 Å². The van der Waals surface area contributed by atoms with Gasteiger partial charge < -0.3 is 5.73 Å². The Morgan fingerprint density at radius 2 is 2.12 bits per heavy atom. The first-order chi connectivity index (χ1) is 7.72. The van der Waals surface area contributed by atoms with E-state index >= 15 is 0 Å². The van der Waals surface area contributed by atoms with Crippen molar-refractivity contribution in [3.63, 3.8) is 0 Å². The van der Waals surface area contributed by atoms with Gasteiger partial charge in [-0.2, -0.15) is 0 Å². The van der Waals surface area contributed by atoms with Crippen LogP contribution in [0.1, 0.15) is 43.2 Å². The second-order valence-electron chi connectivity index (χ2n) is 4.83. The molecule has 0 aromatic heterocycles.